The van der Waals surface area contributed by atoms with Crippen LogP contribution in [0.4, 0.5) is 0 Å². The molecule has 1 aliphatic heterocycles. The van der Waals surface area contributed by atoms with Crippen molar-refractivity contribution in [3.05, 3.63) is 65.7 Å². The standard InChI is InChI=1S/C17H17NOS.C2H4O2/c1-12-7-9-14(10-8-12)20-15-11-16(19)18-17(15)13-5-3-2-4-6-13;1-4-2-3/h2-10,15,17H,11H2,1H3,(H,18,19);2H,1H3. The Bertz CT molecular complexity index is 658. The lowest BCUT2D eigenvalue weighted by molar-refractivity contribution is -0.126. The highest BCUT2D eigenvalue weighted by atomic mass is 32.2. The van der Waals surface area contributed by atoms with Gasteiger partial charge in [-0.2, -0.15) is 0 Å². The highest BCUT2D eigenvalue weighted by molar-refractivity contribution is 8.00. The first kappa shape index (κ1) is 18.1. The summed E-state index contributed by atoms with van der Waals surface area (Å²) in [6, 6.07) is 18.8. The number of aryl methyl sites for hydroxylation is 1. The zero-order valence-electron chi connectivity index (χ0n) is 13.8. The number of carbonyl (C=O) groups excluding carboxylic acids is 2. The minimum absolute atomic E-state index is 0.106. The van der Waals surface area contributed by atoms with Crippen LogP contribution in [0.3, 0.4) is 0 Å². The van der Waals surface area contributed by atoms with Gasteiger partial charge in [-0.3, -0.25) is 9.59 Å². The SMILES string of the molecule is COC=O.Cc1ccc(SC2CC(=O)NC2c2ccccc2)cc1. The molecule has 0 radical (unpaired) electrons. The van der Waals surface area contributed by atoms with E-state index in [4.69, 9.17) is 4.79 Å². The Morgan fingerprint density at radius 2 is 1.75 bits per heavy atom. The summed E-state index contributed by atoms with van der Waals surface area (Å²) >= 11 is 1.78. The number of benzene rings is 2. The van der Waals surface area contributed by atoms with Crippen LogP contribution >= 0.6 is 11.8 Å². The van der Waals surface area contributed by atoms with Gasteiger partial charge in [-0.1, -0.05) is 48.0 Å². The predicted octanol–water partition coefficient (Wildman–Crippen LogP) is 3.51. The summed E-state index contributed by atoms with van der Waals surface area (Å²) in [6.45, 7) is 2.46. The van der Waals surface area contributed by atoms with Crippen molar-refractivity contribution in [1.29, 1.82) is 0 Å². The number of hydrogen-bond acceptors (Lipinski definition) is 4. The molecule has 126 valence electrons. The smallest absolute Gasteiger partial charge is 0.292 e. The van der Waals surface area contributed by atoms with Gasteiger partial charge in [-0.15, -0.1) is 11.8 Å². The first-order chi connectivity index (χ1) is 11.6. The van der Waals surface area contributed by atoms with Gasteiger partial charge in [0.1, 0.15) is 0 Å². The van der Waals surface area contributed by atoms with E-state index in [-0.39, 0.29) is 17.2 Å². The number of carbonyl (C=O) groups is 2. The number of ether oxygens (including phenoxy) is 1. The van der Waals surface area contributed by atoms with Crippen molar-refractivity contribution in [3.8, 4) is 0 Å². The minimum Gasteiger partial charge on any atom is -0.471 e. The van der Waals surface area contributed by atoms with E-state index in [9.17, 15) is 4.79 Å². The molecule has 5 heteroatoms. The fourth-order valence-electron chi connectivity index (χ4n) is 2.49. The molecule has 3 rings (SSSR count). The third-order valence-electron chi connectivity index (χ3n) is 3.64. The molecule has 1 heterocycles. The van der Waals surface area contributed by atoms with Crippen molar-refractivity contribution >= 4 is 24.1 Å². The highest BCUT2D eigenvalue weighted by Crippen LogP contribution is 2.37. The minimum atomic E-state index is 0.106. The van der Waals surface area contributed by atoms with Gasteiger partial charge in [0.25, 0.3) is 6.47 Å². The second kappa shape index (κ2) is 9.13. The van der Waals surface area contributed by atoms with Gasteiger partial charge in [0.15, 0.2) is 0 Å². The summed E-state index contributed by atoms with van der Waals surface area (Å²) in [5, 5.41) is 3.35. The average molecular weight is 343 g/mol. The van der Waals surface area contributed by atoms with Gasteiger partial charge in [0.2, 0.25) is 5.91 Å². The van der Waals surface area contributed by atoms with E-state index in [1.165, 1.54) is 23.1 Å². The Balaban J connectivity index is 0.000000471. The van der Waals surface area contributed by atoms with Crippen LogP contribution in [-0.4, -0.2) is 24.7 Å². The largest absolute Gasteiger partial charge is 0.471 e. The summed E-state index contributed by atoms with van der Waals surface area (Å²) in [5.41, 5.74) is 2.44. The number of thioether (sulfide) groups is 1. The van der Waals surface area contributed by atoms with Gasteiger partial charge in [-0.25, -0.2) is 0 Å². The summed E-state index contributed by atoms with van der Waals surface area (Å²) in [7, 11) is 1.31. The molecule has 1 fully saturated rings. The Morgan fingerprint density at radius 1 is 1.12 bits per heavy atom. The van der Waals surface area contributed by atoms with Crippen molar-refractivity contribution in [3.63, 3.8) is 0 Å². The van der Waals surface area contributed by atoms with Crippen LogP contribution in [0.1, 0.15) is 23.6 Å². The predicted molar refractivity (Wildman–Crippen MR) is 95.8 cm³/mol. The highest BCUT2D eigenvalue weighted by Gasteiger charge is 2.33. The fourth-order valence-corrected chi connectivity index (χ4v) is 3.72. The van der Waals surface area contributed by atoms with E-state index in [1.54, 1.807) is 11.8 Å². The molecule has 24 heavy (non-hydrogen) atoms. The second-order valence-corrected chi connectivity index (χ2v) is 6.77. The molecular formula is C19H21NO3S. The molecule has 2 unspecified atom stereocenters. The molecule has 1 N–H and O–H groups in total. The molecule has 4 nitrogen and oxygen atoms in total. The maximum absolute atomic E-state index is 11.8. The van der Waals surface area contributed by atoms with Crippen molar-refractivity contribution in [2.75, 3.05) is 7.11 Å². The fraction of sp³-hybridized carbons (Fsp3) is 0.263. The van der Waals surface area contributed by atoms with E-state index < -0.39 is 0 Å². The van der Waals surface area contributed by atoms with Crippen molar-refractivity contribution < 1.29 is 14.3 Å². The molecule has 0 saturated carbocycles. The normalized spacial score (nSPS) is 19.0. The average Bonchev–Trinajstić information content (AvgIpc) is 2.98. The topological polar surface area (TPSA) is 55.4 Å². The Morgan fingerprint density at radius 3 is 2.33 bits per heavy atom. The van der Waals surface area contributed by atoms with Gasteiger partial charge >= 0.3 is 0 Å². The molecule has 2 atom stereocenters. The van der Waals surface area contributed by atoms with Gasteiger partial charge in [0.05, 0.1) is 13.2 Å². The molecule has 0 aliphatic carbocycles. The summed E-state index contributed by atoms with van der Waals surface area (Å²) in [6.07, 6.45) is 0.581. The molecule has 2 aromatic rings. The molecule has 0 spiro atoms. The molecule has 0 bridgehead atoms. The molecule has 1 amide bonds. The van der Waals surface area contributed by atoms with Crippen LogP contribution in [0.2, 0.25) is 0 Å². The number of nitrogens with one attached hydrogen (secondary N) is 1. The molecule has 1 saturated heterocycles. The van der Waals surface area contributed by atoms with Crippen LogP contribution in [0.5, 0.6) is 0 Å². The molecule has 1 aliphatic rings. The van der Waals surface area contributed by atoms with Crippen LogP contribution in [0.15, 0.2) is 59.5 Å². The number of methoxy groups -OCH3 is 1. The first-order valence-electron chi connectivity index (χ1n) is 7.68. The molecule has 0 aromatic heterocycles. The number of amides is 1. The summed E-state index contributed by atoms with van der Waals surface area (Å²) in [5.74, 6) is 0.142. The van der Waals surface area contributed by atoms with Gasteiger partial charge < -0.3 is 10.1 Å². The van der Waals surface area contributed by atoms with E-state index >= 15 is 0 Å². The van der Waals surface area contributed by atoms with Crippen molar-refractivity contribution in [1.82, 2.24) is 5.32 Å². The Labute approximate surface area is 146 Å². The Hall–Kier alpha value is -2.27. The van der Waals surface area contributed by atoms with E-state index in [0.29, 0.717) is 12.9 Å². The van der Waals surface area contributed by atoms with Crippen LogP contribution < -0.4 is 5.32 Å². The Kier molecular flexibility index (Phi) is 6.88. The van der Waals surface area contributed by atoms with E-state index in [0.717, 1.165) is 0 Å². The quantitative estimate of drug-likeness (QED) is 0.863. The zero-order chi connectivity index (χ0) is 17.4. The lowest BCUT2D eigenvalue weighted by atomic mass is 10.1. The maximum Gasteiger partial charge on any atom is 0.292 e. The molecular weight excluding hydrogens is 322 g/mol. The number of hydrogen-bond donors (Lipinski definition) is 1. The summed E-state index contributed by atoms with van der Waals surface area (Å²) in [4.78, 5) is 21.9. The van der Waals surface area contributed by atoms with Gasteiger partial charge in [-0.05, 0) is 24.6 Å². The monoisotopic (exact) mass is 343 g/mol. The van der Waals surface area contributed by atoms with Crippen molar-refractivity contribution in [2.24, 2.45) is 0 Å². The van der Waals surface area contributed by atoms with Crippen molar-refractivity contribution in [2.45, 2.75) is 29.5 Å². The third kappa shape index (κ3) is 5.13. The van der Waals surface area contributed by atoms with E-state index in [1.807, 2.05) is 18.2 Å². The van der Waals surface area contributed by atoms with Crippen LogP contribution in [0, 0.1) is 6.92 Å². The summed E-state index contributed by atoms with van der Waals surface area (Å²) < 4.78 is 3.86. The number of rotatable bonds is 4. The van der Waals surface area contributed by atoms with Crippen LogP contribution in [-0.2, 0) is 14.3 Å². The third-order valence-corrected chi connectivity index (χ3v) is 4.92. The second-order valence-electron chi connectivity index (χ2n) is 5.46. The maximum atomic E-state index is 11.8. The van der Waals surface area contributed by atoms with Gasteiger partial charge in [0, 0.05) is 16.6 Å². The lowest BCUT2D eigenvalue weighted by Gasteiger charge is -2.19. The lowest BCUT2D eigenvalue weighted by Crippen LogP contribution is -2.21. The first-order valence-corrected chi connectivity index (χ1v) is 8.56. The van der Waals surface area contributed by atoms with Crippen LogP contribution in [0.25, 0.3) is 0 Å². The zero-order valence-corrected chi connectivity index (χ0v) is 14.6. The van der Waals surface area contributed by atoms with E-state index in [2.05, 4.69) is 53.4 Å². The molecule has 2 aromatic carbocycles.